The van der Waals surface area contributed by atoms with Gasteiger partial charge in [0.15, 0.2) is 0 Å². The third-order valence-electron chi connectivity index (χ3n) is 3.60. The van der Waals surface area contributed by atoms with E-state index in [0.717, 1.165) is 11.5 Å². The van der Waals surface area contributed by atoms with Crippen molar-refractivity contribution < 1.29 is 0 Å². The highest BCUT2D eigenvalue weighted by Crippen LogP contribution is 2.21. The second kappa shape index (κ2) is 7.25. The van der Waals surface area contributed by atoms with Gasteiger partial charge in [0.2, 0.25) is 0 Å². The lowest BCUT2D eigenvalue weighted by Gasteiger charge is -2.15. The van der Waals surface area contributed by atoms with Crippen LogP contribution in [0.25, 0.3) is 0 Å². The minimum Gasteiger partial charge on any atom is -0.363 e. The molecule has 1 unspecified atom stereocenters. The molecule has 3 aromatic rings. The van der Waals surface area contributed by atoms with E-state index in [4.69, 9.17) is 5.26 Å². The van der Waals surface area contributed by atoms with Crippen LogP contribution in [0.1, 0.15) is 24.1 Å². The molecule has 2 aromatic carbocycles. The highest BCUT2D eigenvalue weighted by Gasteiger charge is 2.06. The van der Waals surface area contributed by atoms with Gasteiger partial charge in [0, 0.05) is 17.8 Å². The summed E-state index contributed by atoms with van der Waals surface area (Å²) in [4.78, 5) is 8.49. The van der Waals surface area contributed by atoms with Crippen LogP contribution < -0.4 is 10.6 Å². The van der Waals surface area contributed by atoms with E-state index in [1.54, 1.807) is 12.1 Å². The molecule has 1 aromatic heterocycles. The third-order valence-corrected chi connectivity index (χ3v) is 3.60. The summed E-state index contributed by atoms with van der Waals surface area (Å²) in [6, 6.07) is 21.6. The van der Waals surface area contributed by atoms with Crippen molar-refractivity contribution in [2.75, 3.05) is 10.6 Å². The summed E-state index contributed by atoms with van der Waals surface area (Å²) in [5.41, 5.74) is 2.60. The predicted molar refractivity (Wildman–Crippen MR) is 95.0 cm³/mol. The van der Waals surface area contributed by atoms with Crippen LogP contribution in [0.15, 0.2) is 67.0 Å². The maximum absolute atomic E-state index is 8.97. The van der Waals surface area contributed by atoms with Crippen molar-refractivity contribution >= 4 is 17.3 Å². The zero-order chi connectivity index (χ0) is 16.8. The summed E-state index contributed by atoms with van der Waals surface area (Å²) in [6.07, 6.45) is 1.51. The second-order valence-corrected chi connectivity index (χ2v) is 5.38. The zero-order valence-corrected chi connectivity index (χ0v) is 13.3. The van der Waals surface area contributed by atoms with E-state index >= 15 is 0 Å². The number of nitrogens with one attached hydrogen (secondary N) is 2. The fraction of sp³-hybridized carbons (Fsp3) is 0.105. The van der Waals surface area contributed by atoms with Crippen LogP contribution in [-0.4, -0.2) is 9.97 Å². The van der Waals surface area contributed by atoms with Crippen LogP contribution in [0.4, 0.5) is 17.3 Å². The van der Waals surface area contributed by atoms with Crippen molar-refractivity contribution in [3.63, 3.8) is 0 Å². The van der Waals surface area contributed by atoms with Gasteiger partial charge >= 0.3 is 0 Å². The van der Waals surface area contributed by atoms with Crippen molar-refractivity contribution in [1.82, 2.24) is 9.97 Å². The lowest BCUT2D eigenvalue weighted by molar-refractivity contribution is 0.872. The van der Waals surface area contributed by atoms with Crippen LogP contribution in [0, 0.1) is 11.3 Å². The van der Waals surface area contributed by atoms with E-state index in [9.17, 15) is 0 Å². The molecule has 0 bridgehead atoms. The first-order valence-electron chi connectivity index (χ1n) is 7.65. The molecule has 1 atom stereocenters. The Hall–Kier alpha value is -3.39. The van der Waals surface area contributed by atoms with Gasteiger partial charge in [-0.25, -0.2) is 9.97 Å². The van der Waals surface area contributed by atoms with Gasteiger partial charge in [-0.1, -0.05) is 36.4 Å². The number of rotatable bonds is 5. The molecule has 0 amide bonds. The van der Waals surface area contributed by atoms with Crippen LogP contribution in [0.2, 0.25) is 0 Å². The molecule has 0 spiro atoms. The fourth-order valence-electron chi connectivity index (χ4n) is 2.37. The summed E-state index contributed by atoms with van der Waals surface area (Å²) in [5.74, 6) is 1.41. The number of nitriles is 1. The lowest BCUT2D eigenvalue weighted by atomic mass is 10.1. The number of hydrogen-bond donors (Lipinski definition) is 2. The number of nitrogens with zero attached hydrogens (tertiary/aromatic N) is 3. The highest BCUT2D eigenvalue weighted by atomic mass is 15.1. The first kappa shape index (κ1) is 15.5. The SMILES string of the molecule is CC(Nc1cc(Nc2cccc(C#N)c2)ncn1)c1ccccc1. The van der Waals surface area contributed by atoms with E-state index in [1.807, 2.05) is 36.4 Å². The normalized spacial score (nSPS) is 11.3. The fourth-order valence-corrected chi connectivity index (χ4v) is 2.37. The average Bonchev–Trinajstić information content (AvgIpc) is 2.63. The maximum Gasteiger partial charge on any atom is 0.135 e. The summed E-state index contributed by atoms with van der Waals surface area (Å²) in [7, 11) is 0. The minimum atomic E-state index is 0.135. The Kier molecular flexibility index (Phi) is 4.68. The number of hydrogen-bond acceptors (Lipinski definition) is 5. The van der Waals surface area contributed by atoms with Crippen LogP contribution in [0.5, 0.6) is 0 Å². The minimum absolute atomic E-state index is 0.135. The van der Waals surface area contributed by atoms with Gasteiger partial charge in [0.1, 0.15) is 18.0 Å². The molecular formula is C19H17N5. The molecule has 1 heterocycles. The van der Waals surface area contributed by atoms with E-state index < -0.39 is 0 Å². The molecule has 0 saturated heterocycles. The van der Waals surface area contributed by atoms with E-state index in [2.05, 4.69) is 45.7 Å². The topological polar surface area (TPSA) is 73.6 Å². The van der Waals surface area contributed by atoms with E-state index in [0.29, 0.717) is 11.4 Å². The van der Waals surface area contributed by atoms with Gasteiger partial charge in [0.25, 0.3) is 0 Å². The van der Waals surface area contributed by atoms with E-state index in [1.165, 1.54) is 11.9 Å². The molecule has 0 radical (unpaired) electrons. The van der Waals surface area contributed by atoms with Crippen molar-refractivity contribution in [1.29, 1.82) is 5.26 Å². The second-order valence-electron chi connectivity index (χ2n) is 5.38. The highest BCUT2D eigenvalue weighted by molar-refractivity contribution is 5.60. The molecule has 2 N–H and O–H groups in total. The quantitative estimate of drug-likeness (QED) is 0.735. The number of aromatic nitrogens is 2. The third kappa shape index (κ3) is 3.87. The molecule has 5 nitrogen and oxygen atoms in total. The number of anilines is 3. The Labute approximate surface area is 141 Å². The van der Waals surface area contributed by atoms with Crippen molar-refractivity contribution in [3.05, 3.63) is 78.1 Å². The largest absolute Gasteiger partial charge is 0.363 e. The van der Waals surface area contributed by atoms with Gasteiger partial charge in [-0.15, -0.1) is 0 Å². The molecule has 24 heavy (non-hydrogen) atoms. The summed E-state index contributed by atoms with van der Waals surface area (Å²) < 4.78 is 0. The molecule has 0 aliphatic carbocycles. The molecule has 118 valence electrons. The Morgan fingerprint density at radius 1 is 0.958 bits per heavy atom. The smallest absolute Gasteiger partial charge is 0.135 e. The maximum atomic E-state index is 8.97. The van der Waals surface area contributed by atoms with Crippen molar-refractivity contribution in [3.8, 4) is 6.07 Å². The summed E-state index contributed by atoms with van der Waals surface area (Å²) in [6.45, 7) is 2.08. The van der Waals surface area contributed by atoms with Gasteiger partial charge in [-0.3, -0.25) is 0 Å². The molecule has 5 heteroatoms. The first-order chi connectivity index (χ1) is 11.7. The lowest BCUT2D eigenvalue weighted by Crippen LogP contribution is -2.08. The van der Waals surface area contributed by atoms with Crippen LogP contribution in [0.3, 0.4) is 0 Å². The van der Waals surface area contributed by atoms with Crippen LogP contribution >= 0.6 is 0 Å². The molecule has 0 saturated carbocycles. The molecule has 0 fully saturated rings. The summed E-state index contributed by atoms with van der Waals surface area (Å²) >= 11 is 0. The van der Waals surface area contributed by atoms with Gasteiger partial charge in [-0.2, -0.15) is 5.26 Å². The molecule has 3 rings (SSSR count). The van der Waals surface area contributed by atoms with Crippen LogP contribution in [-0.2, 0) is 0 Å². The van der Waals surface area contributed by atoms with Crippen molar-refractivity contribution in [2.24, 2.45) is 0 Å². The average molecular weight is 315 g/mol. The zero-order valence-electron chi connectivity index (χ0n) is 13.3. The Bertz CT molecular complexity index is 855. The van der Waals surface area contributed by atoms with Gasteiger partial charge in [-0.05, 0) is 30.7 Å². The molecule has 0 aliphatic rings. The van der Waals surface area contributed by atoms with Crippen molar-refractivity contribution in [2.45, 2.75) is 13.0 Å². The number of benzene rings is 2. The predicted octanol–water partition coefficient (Wildman–Crippen LogP) is 4.26. The summed E-state index contributed by atoms with van der Waals surface area (Å²) in [5, 5.41) is 15.5. The first-order valence-corrected chi connectivity index (χ1v) is 7.65. The molecule has 0 aliphatic heterocycles. The molecular weight excluding hydrogens is 298 g/mol. The standard InChI is InChI=1S/C19H17N5/c1-14(16-7-3-2-4-8-16)23-18-11-19(22-13-21-18)24-17-9-5-6-15(10-17)12-20/h2-11,13-14H,1H3,(H2,21,22,23,24). The Morgan fingerprint density at radius 2 is 1.75 bits per heavy atom. The van der Waals surface area contributed by atoms with E-state index in [-0.39, 0.29) is 6.04 Å². The monoisotopic (exact) mass is 315 g/mol. The van der Waals surface area contributed by atoms with Gasteiger partial charge in [0.05, 0.1) is 11.6 Å². The Morgan fingerprint density at radius 3 is 2.54 bits per heavy atom. The van der Waals surface area contributed by atoms with Gasteiger partial charge < -0.3 is 10.6 Å². The Balaban J connectivity index is 1.73.